The van der Waals surface area contributed by atoms with E-state index in [1.165, 1.54) is 0 Å². The van der Waals surface area contributed by atoms with Crippen LogP contribution in [0.4, 0.5) is 5.69 Å². The van der Waals surface area contributed by atoms with E-state index >= 15 is 0 Å². The maximum absolute atomic E-state index is 12.3. The first-order valence-electron chi connectivity index (χ1n) is 6.24. The highest BCUT2D eigenvalue weighted by atomic mass is 35.5. The molecule has 2 aromatic rings. The first-order valence-corrected chi connectivity index (χ1v) is 6.62. The summed E-state index contributed by atoms with van der Waals surface area (Å²) in [5.74, 6) is 0.325. The largest absolute Gasteiger partial charge is 0.495 e. The molecule has 106 valence electrons. The van der Waals surface area contributed by atoms with Gasteiger partial charge in [0.2, 0.25) is 0 Å². The van der Waals surface area contributed by atoms with E-state index in [4.69, 9.17) is 16.3 Å². The Labute approximate surface area is 122 Å². The van der Waals surface area contributed by atoms with Crippen LogP contribution in [0.1, 0.15) is 23.0 Å². The molecule has 0 spiro atoms. The SMILES string of the molecule is CCn1cc(C(=O)Nc2cc(Cl)ccc2OC)c(C)n1. The number of amides is 1. The lowest BCUT2D eigenvalue weighted by atomic mass is 10.2. The first kappa shape index (κ1) is 14.4. The number of halogens is 1. The molecule has 0 unspecified atom stereocenters. The number of nitrogens with one attached hydrogen (secondary N) is 1. The second kappa shape index (κ2) is 5.96. The molecule has 0 radical (unpaired) electrons. The zero-order valence-corrected chi connectivity index (χ0v) is 12.4. The van der Waals surface area contributed by atoms with Gasteiger partial charge in [0, 0.05) is 17.8 Å². The third kappa shape index (κ3) is 2.93. The molecule has 0 aliphatic carbocycles. The van der Waals surface area contributed by atoms with Crippen LogP contribution in [0.5, 0.6) is 5.75 Å². The van der Waals surface area contributed by atoms with E-state index in [0.717, 1.165) is 0 Å². The van der Waals surface area contributed by atoms with Crippen LogP contribution in [0.2, 0.25) is 5.02 Å². The van der Waals surface area contributed by atoms with Crippen LogP contribution in [0.25, 0.3) is 0 Å². The summed E-state index contributed by atoms with van der Waals surface area (Å²) in [6.07, 6.45) is 1.72. The third-order valence-electron chi connectivity index (χ3n) is 2.92. The van der Waals surface area contributed by atoms with Crippen LogP contribution in [-0.4, -0.2) is 22.8 Å². The van der Waals surface area contributed by atoms with E-state index in [0.29, 0.717) is 34.3 Å². The smallest absolute Gasteiger partial charge is 0.259 e. The van der Waals surface area contributed by atoms with Crippen molar-refractivity contribution in [3.05, 3.63) is 40.7 Å². The topological polar surface area (TPSA) is 56.2 Å². The molecule has 1 aromatic heterocycles. The normalized spacial score (nSPS) is 10.4. The molecule has 5 nitrogen and oxygen atoms in total. The van der Waals surface area contributed by atoms with Crippen molar-refractivity contribution in [1.29, 1.82) is 0 Å². The van der Waals surface area contributed by atoms with E-state index in [1.807, 2.05) is 6.92 Å². The van der Waals surface area contributed by atoms with Gasteiger partial charge >= 0.3 is 0 Å². The maximum Gasteiger partial charge on any atom is 0.259 e. The fourth-order valence-corrected chi connectivity index (χ4v) is 2.04. The Morgan fingerprint density at radius 1 is 1.50 bits per heavy atom. The lowest BCUT2D eigenvalue weighted by Crippen LogP contribution is -2.13. The highest BCUT2D eigenvalue weighted by molar-refractivity contribution is 6.31. The average Bonchev–Trinajstić information content (AvgIpc) is 2.80. The van der Waals surface area contributed by atoms with Crippen molar-refractivity contribution in [1.82, 2.24) is 9.78 Å². The van der Waals surface area contributed by atoms with Crippen molar-refractivity contribution >= 4 is 23.2 Å². The van der Waals surface area contributed by atoms with E-state index in [-0.39, 0.29) is 5.91 Å². The van der Waals surface area contributed by atoms with Gasteiger partial charge in [0.05, 0.1) is 24.1 Å². The molecular formula is C14H16ClN3O2. The quantitative estimate of drug-likeness (QED) is 0.942. The van der Waals surface area contributed by atoms with Gasteiger partial charge < -0.3 is 10.1 Å². The standard InChI is InChI=1S/C14H16ClN3O2/c1-4-18-8-11(9(2)17-18)14(19)16-12-7-10(15)5-6-13(12)20-3/h5-8H,4H2,1-3H3,(H,16,19). The van der Waals surface area contributed by atoms with Gasteiger partial charge in [-0.05, 0) is 32.0 Å². The van der Waals surface area contributed by atoms with Crippen LogP contribution in [0, 0.1) is 6.92 Å². The average molecular weight is 294 g/mol. The Hall–Kier alpha value is -2.01. The number of ether oxygens (including phenoxy) is 1. The molecule has 2 rings (SSSR count). The van der Waals surface area contributed by atoms with E-state index in [2.05, 4.69) is 10.4 Å². The number of aromatic nitrogens is 2. The summed E-state index contributed by atoms with van der Waals surface area (Å²) in [6, 6.07) is 5.06. The van der Waals surface area contributed by atoms with Gasteiger partial charge in [0.1, 0.15) is 5.75 Å². The molecule has 1 heterocycles. The molecule has 1 N–H and O–H groups in total. The van der Waals surface area contributed by atoms with E-state index in [1.54, 1.807) is 43.1 Å². The summed E-state index contributed by atoms with van der Waals surface area (Å²) < 4.78 is 6.92. The summed E-state index contributed by atoms with van der Waals surface area (Å²) in [7, 11) is 1.54. The molecular weight excluding hydrogens is 278 g/mol. The van der Waals surface area contributed by atoms with Crippen LogP contribution in [0.15, 0.2) is 24.4 Å². The number of carbonyl (C=O) groups is 1. The Morgan fingerprint density at radius 3 is 2.85 bits per heavy atom. The van der Waals surface area contributed by atoms with Gasteiger partial charge in [0.15, 0.2) is 0 Å². The molecule has 0 saturated heterocycles. The van der Waals surface area contributed by atoms with Gasteiger partial charge in [-0.1, -0.05) is 11.6 Å². The predicted molar refractivity (Wildman–Crippen MR) is 78.6 cm³/mol. The van der Waals surface area contributed by atoms with Crippen molar-refractivity contribution in [2.45, 2.75) is 20.4 Å². The predicted octanol–water partition coefficient (Wildman–Crippen LogP) is 3.13. The zero-order valence-electron chi connectivity index (χ0n) is 11.6. The number of benzene rings is 1. The second-order valence-corrected chi connectivity index (χ2v) is 4.72. The van der Waals surface area contributed by atoms with E-state index < -0.39 is 0 Å². The number of carbonyl (C=O) groups excluding carboxylic acids is 1. The minimum atomic E-state index is -0.234. The minimum Gasteiger partial charge on any atom is -0.495 e. The van der Waals surface area contributed by atoms with Crippen LogP contribution < -0.4 is 10.1 Å². The highest BCUT2D eigenvalue weighted by Crippen LogP contribution is 2.28. The lowest BCUT2D eigenvalue weighted by Gasteiger charge is -2.10. The Balaban J connectivity index is 2.27. The zero-order chi connectivity index (χ0) is 14.7. The van der Waals surface area contributed by atoms with Crippen LogP contribution >= 0.6 is 11.6 Å². The number of nitrogens with zero attached hydrogens (tertiary/aromatic N) is 2. The van der Waals surface area contributed by atoms with Gasteiger partial charge in [-0.25, -0.2) is 0 Å². The van der Waals surface area contributed by atoms with Crippen LogP contribution in [0.3, 0.4) is 0 Å². The minimum absolute atomic E-state index is 0.234. The van der Waals surface area contributed by atoms with Gasteiger partial charge in [-0.15, -0.1) is 0 Å². The number of rotatable bonds is 4. The molecule has 20 heavy (non-hydrogen) atoms. The van der Waals surface area contributed by atoms with Crippen LogP contribution in [-0.2, 0) is 6.54 Å². The molecule has 0 atom stereocenters. The number of methoxy groups -OCH3 is 1. The highest BCUT2D eigenvalue weighted by Gasteiger charge is 2.15. The number of hydrogen-bond donors (Lipinski definition) is 1. The molecule has 0 aliphatic heterocycles. The summed E-state index contributed by atoms with van der Waals surface area (Å²) >= 11 is 5.94. The van der Waals surface area contributed by atoms with Gasteiger partial charge in [-0.2, -0.15) is 5.10 Å². The molecule has 0 fully saturated rings. The second-order valence-electron chi connectivity index (χ2n) is 4.28. The summed E-state index contributed by atoms with van der Waals surface area (Å²) in [5, 5.41) is 7.58. The lowest BCUT2D eigenvalue weighted by molar-refractivity contribution is 0.102. The van der Waals surface area contributed by atoms with Crippen molar-refractivity contribution < 1.29 is 9.53 Å². The number of anilines is 1. The van der Waals surface area contributed by atoms with E-state index in [9.17, 15) is 4.79 Å². The third-order valence-corrected chi connectivity index (χ3v) is 3.16. The van der Waals surface area contributed by atoms with Crippen molar-refractivity contribution in [2.24, 2.45) is 0 Å². The summed E-state index contributed by atoms with van der Waals surface area (Å²) in [5.41, 5.74) is 1.76. The first-order chi connectivity index (χ1) is 9.55. The molecule has 1 amide bonds. The summed E-state index contributed by atoms with van der Waals surface area (Å²) in [6.45, 7) is 4.49. The monoisotopic (exact) mass is 293 g/mol. The Kier molecular flexibility index (Phi) is 4.29. The number of hydrogen-bond acceptors (Lipinski definition) is 3. The molecule has 1 aromatic carbocycles. The van der Waals surface area contributed by atoms with Gasteiger partial charge in [0.25, 0.3) is 5.91 Å². The van der Waals surface area contributed by atoms with Crippen molar-refractivity contribution in [3.63, 3.8) is 0 Å². The summed E-state index contributed by atoms with van der Waals surface area (Å²) in [4.78, 5) is 12.3. The Morgan fingerprint density at radius 2 is 2.25 bits per heavy atom. The maximum atomic E-state index is 12.3. The molecule has 0 saturated carbocycles. The fraction of sp³-hybridized carbons (Fsp3) is 0.286. The molecule has 0 aliphatic rings. The van der Waals surface area contributed by atoms with Crippen molar-refractivity contribution in [3.8, 4) is 5.75 Å². The fourth-order valence-electron chi connectivity index (χ4n) is 1.87. The Bertz CT molecular complexity index is 637. The number of aryl methyl sites for hydroxylation is 2. The molecule has 0 bridgehead atoms. The molecule has 6 heteroatoms. The van der Waals surface area contributed by atoms with Gasteiger partial charge in [-0.3, -0.25) is 9.48 Å². The van der Waals surface area contributed by atoms with Crippen molar-refractivity contribution in [2.75, 3.05) is 12.4 Å².